The average molecular weight is 343 g/mol. The van der Waals surface area contributed by atoms with Crippen LogP contribution in [-0.2, 0) is 4.79 Å². The van der Waals surface area contributed by atoms with Crippen molar-refractivity contribution >= 4 is 5.91 Å². The number of hydrogen-bond donors (Lipinski definition) is 0. The molecule has 1 heterocycles. The number of nitrogens with zero attached hydrogens (tertiary/aromatic N) is 1. The van der Waals surface area contributed by atoms with E-state index >= 15 is 0 Å². The summed E-state index contributed by atoms with van der Waals surface area (Å²) in [5.74, 6) is 4.55. The third-order valence-corrected chi connectivity index (χ3v) is 6.41. The lowest BCUT2D eigenvalue weighted by atomic mass is 9.97. The molecule has 3 fully saturated rings. The van der Waals surface area contributed by atoms with Crippen molar-refractivity contribution in [3.8, 4) is 11.5 Å². The number of fused-ring (bicyclic) bond motifs is 1. The van der Waals surface area contributed by atoms with Gasteiger partial charge < -0.3 is 14.4 Å². The first-order chi connectivity index (χ1) is 12.3. The molecule has 1 amide bonds. The molecule has 0 spiro atoms. The Balaban J connectivity index is 1.21. The molecule has 0 N–H and O–H groups in total. The second kappa shape index (κ2) is 7.27. The highest BCUT2D eigenvalue weighted by Gasteiger charge is 2.55. The maximum absolute atomic E-state index is 12.8. The summed E-state index contributed by atoms with van der Waals surface area (Å²) in [7, 11) is 1.67. The normalized spacial score (nSPS) is 29.0. The lowest BCUT2D eigenvalue weighted by molar-refractivity contribution is -0.134. The van der Waals surface area contributed by atoms with Crippen LogP contribution in [0.3, 0.4) is 0 Å². The largest absolute Gasteiger partial charge is 0.497 e. The zero-order chi connectivity index (χ0) is 17.2. The Kier molecular flexibility index (Phi) is 4.87. The van der Waals surface area contributed by atoms with E-state index in [2.05, 4.69) is 4.90 Å². The van der Waals surface area contributed by atoms with E-state index < -0.39 is 0 Å². The lowest BCUT2D eigenvalue weighted by Gasteiger charge is -2.32. The molecule has 4 rings (SSSR count). The number of methoxy groups -OCH3 is 1. The van der Waals surface area contributed by atoms with Gasteiger partial charge in [-0.05, 0) is 67.7 Å². The molecular formula is C21H29NO3. The fourth-order valence-electron chi connectivity index (χ4n) is 4.78. The van der Waals surface area contributed by atoms with E-state index in [-0.39, 0.29) is 0 Å². The summed E-state index contributed by atoms with van der Waals surface area (Å²) >= 11 is 0. The van der Waals surface area contributed by atoms with Crippen LogP contribution in [-0.4, -0.2) is 37.6 Å². The molecular weight excluding hydrogens is 314 g/mol. The van der Waals surface area contributed by atoms with E-state index in [9.17, 15) is 4.79 Å². The molecule has 4 heteroatoms. The number of benzene rings is 1. The van der Waals surface area contributed by atoms with Gasteiger partial charge in [0.1, 0.15) is 11.5 Å². The van der Waals surface area contributed by atoms with Gasteiger partial charge in [-0.25, -0.2) is 0 Å². The van der Waals surface area contributed by atoms with Gasteiger partial charge in [0.2, 0.25) is 5.91 Å². The fraction of sp³-hybridized carbons (Fsp3) is 0.667. The Morgan fingerprint density at radius 3 is 2.20 bits per heavy atom. The molecule has 1 saturated heterocycles. The smallest absolute Gasteiger partial charge is 0.226 e. The second-order valence-corrected chi connectivity index (χ2v) is 7.89. The molecule has 2 atom stereocenters. The molecule has 25 heavy (non-hydrogen) atoms. The third kappa shape index (κ3) is 3.63. The minimum Gasteiger partial charge on any atom is -0.497 e. The number of carbonyl (C=O) groups excluding carboxylic acids is 1. The standard InChI is InChI=1S/C21H29NO3/c1-24-16-6-8-17(9-7-16)25-14-15-10-12-22(13-11-15)21(23)20-18-4-2-3-5-19(18)20/h6-9,15,18-20H,2-5,10-14H2,1H3. The van der Waals surface area contributed by atoms with Crippen molar-refractivity contribution in [2.45, 2.75) is 38.5 Å². The second-order valence-electron chi connectivity index (χ2n) is 7.89. The minimum absolute atomic E-state index is 0.370. The van der Waals surface area contributed by atoms with Crippen LogP contribution >= 0.6 is 0 Å². The van der Waals surface area contributed by atoms with Crippen LogP contribution in [0.4, 0.5) is 0 Å². The maximum atomic E-state index is 12.8. The van der Waals surface area contributed by atoms with Gasteiger partial charge in [0, 0.05) is 19.0 Å². The minimum atomic E-state index is 0.370. The van der Waals surface area contributed by atoms with Crippen LogP contribution in [0, 0.1) is 23.7 Å². The van der Waals surface area contributed by atoms with Gasteiger partial charge >= 0.3 is 0 Å². The van der Waals surface area contributed by atoms with E-state index in [1.807, 2.05) is 24.3 Å². The van der Waals surface area contributed by atoms with Gasteiger partial charge in [0.25, 0.3) is 0 Å². The molecule has 2 saturated carbocycles. The number of rotatable bonds is 5. The monoisotopic (exact) mass is 343 g/mol. The van der Waals surface area contributed by atoms with Crippen molar-refractivity contribution in [3.63, 3.8) is 0 Å². The van der Waals surface area contributed by atoms with E-state index in [4.69, 9.17) is 9.47 Å². The van der Waals surface area contributed by atoms with Crippen molar-refractivity contribution in [1.82, 2.24) is 4.90 Å². The SMILES string of the molecule is COc1ccc(OCC2CCN(C(=O)C3C4CCCCC43)CC2)cc1. The molecule has 0 bridgehead atoms. The lowest BCUT2D eigenvalue weighted by Crippen LogP contribution is -2.41. The summed E-state index contributed by atoms with van der Waals surface area (Å²) < 4.78 is 11.1. The zero-order valence-corrected chi connectivity index (χ0v) is 15.2. The molecule has 1 aromatic rings. The number of ether oxygens (including phenoxy) is 2. The van der Waals surface area contributed by atoms with Crippen molar-refractivity contribution in [3.05, 3.63) is 24.3 Å². The topological polar surface area (TPSA) is 38.8 Å². The maximum Gasteiger partial charge on any atom is 0.226 e. The van der Waals surface area contributed by atoms with Gasteiger partial charge in [0.05, 0.1) is 13.7 Å². The summed E-state index contributed by atoms with van der Waals surface area (Å²) in [6.45, 7) is 2.56. The van der Waals surface area contributed by atoms with Crippen LogP contribution in [0.1, 0.15) is 38.5 Å². The first-order valence-electron chi connectivity index (χ1n) is 9.82. The molecule has 1 aliphatic heterocycles. The van der Waals surface area contributed by atoms with Crippen LogP contribution in [0.5, 0.6) is 11.5 Å². The molecule has 0 aromatic heterocycles. The Labute approximate surface area is 150 Å². The summed E-state index contributed by atoms with van der Waals surface area (Å²) in [4.78, 5) is 14.9. The zero-order valence-electron chi connectivity index (χ0n) is 15.2. The van der Waals surface area contributed by atoms with Gasteiger partial charge in [-0.3, -0.25) is 4.79 Å². The summed E-state index contributed by atoms with van der Waals surface area (Å²) in [6, 6.07) is 7.75. The molecule has 4 nitrogen and oxygen atoms in total. The fourth-order valence-corrected chi connectivity index (χ4v) is 4.78. The summed E-state index contributed by atoms with van der Waals surface area (Å²) in [5.41, 5.74) is 0. The van der Waals surface area contributed by atoms with Crippen LogP contribution in [0.2, 0.25) is 0 Å². The number of piperidine rings is 1. The Bertz CT molecular complexity index is 580. The van der Waals surface area contributed by atoms with E-state index in [0.717, 1.165) is 55.9 Å². The van der Waals surface area contributed by atoms with Crippen LogP contribution in [0.15, 0.2) is 24.3 Å². The summed E-state index contributed by atoms with van der Waals surface area (Å²) in [6.07, 6.45) is 7.35. The first kappa shape index (κ1) is 16.7. The number of hydrogen-bond acceptors (Lipinski definition) is 3. The molecule has 136 valence electrons. The Morgan fingerprint density at radius 2 is 1.60 bits per heavy atom. The Morgan fingerprint density at radius 1 is 1.00 bits per heavy atom. The number of likely N-dealkylation sites (tertiary alicyclic amines) is 1. The highest BCUT2D eigenvalue weighted by molar-refractivity contribution is 5.82. The van der Waals surface area contributed by atoms with Gasteiger partial charge in [-0.1, -0.05) is 12.8 Å². The third-order valence-electron chi connectivity index (χ3n) is 6.41. The quantitative estimate of drug-likeness (QED) is 0.817. The van der Waals surface area contributed by atoms with Crippen LogP contribution in [0.25, 0.3) is 0 Å². The molecule has 0 radical (unpaired) electrons. The predicted octanol–water partition coefficient (Wildman–Crippen LogP) is 3.75. The average Bonchev–Trinajstić information content (AvgIpc) is 3.41. The number of amides is 1. The molecule has 2 aliphatic carbocycles. The number of carbonyl (C=O) groups is 1. The van der Waals surface area contributed by atoms with Crippen molar-refractivity contribution in [1.29, 1.82) is 0 Å². The van der Waals surface area contributed by atoms with Gasteiger partial charge in [-0.2, -0.15) is 0 Å². The van der Waals surface area contributed by atoms with E-state index in [0.29, 0.717) is 17.7 Å². The van der Waals surface area contributed by atoms with Crippen molar-refractivity contribution < 1.29 is 14.3 Å². The molecule has 2 unspecified atom stereocenters. The highest BCUT2D eigenvalue weighted by Crippen LogP contribution is 2.56. The van der Waals surface area contributed by atoms with E-state index in [1.165, 1.54) is 25.7 Å². The van der Waals surface area contributed by atoms with Crippen LogP contribution < -0.4 is 9.47 Å². The van der Waals surface area contributed by atoms with Gasteiger partial charge in [0.15, 0.2) is 0 Å². The van der Waals surface area contributed by atoms with Crippen molar-refractivity contribution in [2.75, 3.05) is 26.8 Å². The highest BCUT2D eigenvalue weighted by atomic mass is 16.5. The predicted molar refractivity (Wildman–Crippen MR) is 96.7 cm³/mol. The Hall–Kier alpha value is -1.71. The first-order valence-corrected chi connectivity index (χ1v) is 9.82. The van der Waals surface area contributed by atoms with Crippen molar-refractivity contribution in [2.24, 2.45) is 23.7 Å². The van der Waals surface area contributed by atoms with E-state index in [1.54, 1.807) is 7.11 Å². The molecule has 1 aromatic carbocycles. The molecule has 3 aliphatic rings. The van der Waals surface area contributed by atoms with Gasteiger partial charge in [-0.15, -0.1) is 0 Å². The summed E-state index contributed by atoms with van der Waals surface area (Å²) in [5, 5.41) is 0.